The number of aryl methyl sites for hydroxylation is 2. The third-order valence-electron chi connectivity index (χ3n) is 3.48. The first-order valence-corrected chi connectivity index (χ1v) is 8.43. The van der Waals surface area contributed by atoms with Crippen LogP contribution in [0.4, 0.5) is 5.69 Å². The summed E-state index contributed by atoms with van der Waals surface area (Å²) in [4.78, 5) is 0.319. The van der Waals surface area contributed by atoms with Crippen LogP contribution in [0.15, 0.2) is 17.0 Å². The number of methoxy groups -OCH3 is 1. The van der Waals surface area contributed by atoms with Gasteiger partial charge in [-0.15, -0.1) is 0 Å². The third kappa shape index (κ3) is 4.98. The van der Waals surface area contributed by atoms with E-state index in [-0.39, 0.29) is 5.41 Å². The molecule has 0 amide bonds. The second-order valence-corrected chi connectivity index (χ2v) is 7.92. The highest BCUT2D eigenvalue weighted by Crippen LogP contribution is 2.24. The Morgan fingerprint density at radius 1 is 1.24 bits per heavy atom. The van der Waals surface area contributed by atoms with Crippen LogP contribution in [0.5, 0.6) is 0 Å². The minimum atomic E-state index is -3.54. The van der Waals surface area contributed by atoms with E-state index in [2.05, 4.69) is 4.72 Å². The van der Waals surface area contributed by atoms with E-state index in [1.807, 2.05) is 13.8 Å². The van der Waals surface area contributed by atoms with E-state index < -0.39 is 10.0 Å². The van der Waals surface area contributed by atoms with Crippen molar-refractivity contribution in [3.8, 4) is 0 Å². The van der Waals surface area contributed by atoms with Gasteiger partial charge in [-0.05, 0) is 48.9 Å². The van der Waals surface area contributed by atoms with Gasteiger partial charge in [0.15, 0.2) is 0 Å². The first-order valence-electron chi connectivity index (χ1n) is 6.94. The number of ether oxygens (including phenoxy) is 1. The molecule has 6 heteroatoms. The molecule has 0 aliphatic heterocycles. The minimum absolute atomic E-state index is 0.168. The lowest BCUT2D eigenvalue weighted by Crippen LogP contribution is -2.35. The molecule has 1 rings (SSSR count). The van der Waals surface area contributed by atoms with Crippen molar-refractivity contribution in [1.82, 2.24) is 4.72 Å². The van der Waals surface area contributed by atoms with Gasteiger partial charge in [0.1, 0.15) is 0 Å². The molecule has 120 valence electrons. The molecular weight excluding hydrogens is 288 g/mol. The molecule has 21 heavy (non-hydrogen) atoms. The average molecular weight is 314 g/mol. The molecule has 0 radical (unpaired) electrons. The molecular formula is C15H26N2O3S. The van der Waals surface area contributed by atoms with Crippen molar-refractivity contribution >= 4 is 15.7 Å². The van der Waals surface area contributed by atoms with Gasteiger partial charge in [-0.1, -0.05) is 13.8 Å². The summed E-state index contributed by atoms with van der Waals surface area (Å²) in [5.74, 6) is 0. The van der Waals surface area contributed by atoms with E-state index in [0.29, 0.717) is 34.9 Å². The van der Waals surface area contributed by atoms with Gasteiger partial charge in [0.05, 0.1) is 4.90 Å². The summed E-state index contributed by atoms with van der Waals surface area (Å²) >= 11 is 0. The van der Waals surface area contributed by atoms with E-state index in [1.165, 1.54) is 0 Å². The Balaban J connectivity index is 2.93. The van der Waals surface area contributed by atoms with Crippen LogP contribution in [0.2, 0.25) is 0 Å². The fourth-order valence-electron chi connectivity index (χ4n) is 2.24. The lowest BCUT2D eigenvalue weighted by Gasteiger charge is -2.25. The second kappa shape index (κ2) is 6.77. The van der Waals surface area contributed by atoms with Crippen molar-refractivity contribution in [1.29, 1.82) is 0 Å². The minimum Gasteiger partial charge on any atom is -0.399 e. The predicted octanol–water partition coefficient (Wildman–Crippen LogP) is 2.23. The largest absolute Gasteiger partial charge is 0.399 e. The number of hydrogen-bond acceptors (Lipinski definition) is 4. The summed E-state index contributed by atoms with van der Waals surface area (Å²) in [6.45, 7) is 8.51. The summed E-state index contributed by atoms with van der Waals surface area (Å²) in [7, 11) is -1.90. The second-order valence-electron chi connectivity index (χ2n) is 6.22. The fourth-order valence-corrected chi connectivity index (χ4v) is 3.93. The standard InChI is InChI=1S/C15H26N2O3S/c1-11-8-13(16)9-12(2)14(11)21(18,19)17-10-15(3,4)6-7-20-5/h8-9,17H,6-7,10,16H2,1-5H3. The SMILES string of the molecule is COCCC(C)(C)CNS(=O)(=O)c1c(C)cc(N)cc1C. The maximum absolute atomic E-state index is 12.5. The number of nitrogens with two attached hydrogens (primary N) is 1. The molecule has 0 bridgehead atoms. The Labute approximate surface area is 127 Å². The number of hydrogen-bond donors (Lipinski definition) is 2. The maximum atomic E-state index is 12.5. The molecule has 0 unspecified atom stereocenters. The van der Waals surface area contributed by atoms with Gasteiger partial charge >= 0.3 is 0 Å². The molecule has 5 nitrogen and oxygen atoms in total. The van der Waals surface area contributed by atoms with Crippen LogP contribution in [0, 0.1) is 19.3 Å². The van der Waals surface area contributed by atoms with Crippen molar-refractivity contribution in [2.24, 2.45) is 5.41 Å². The molecule has 0 saturated carbocycles. The first-order chi connectivity index (χ1) is 9.59. The highest BCUT2D eigenvalue weighted by molar-refractivity contribution is 7.89. The zero-order valence-electron chi connectivity index (χ0n) is 13.5. The molecule has 0 aliphatic rings. The lowest BCUT2D eigenvalue weighted by atomic mass is 9.90. The average Bonchev–Trinajstić information content (AvgIpc) is 2.33. The summed E-state index contributed by atoms with van der Waals surface area (Å²) in [6.07, 6.45) is 0.783. The molecule has 0 saturated heterocycles. The Morgan fingerprint density at radius 3 is 2.24 bits per heavy atom. The highest BCUT2D eigenvalue weighted by atomic mass is 32.2. The van der Waals surface area contributed by atoms with Crippen LogP contribution < -0.4 is 10.5 Å². The normalized spacial score (nSPS) is 12.6. The Morgan fingerprint density at radius 2 is 1.76 bits per heavy atom. The van der Waals surface area contributed by atoms with Crippen molar-refractivity contribution in [2.45, 2.75) is 39.0 Å². The van der Waals surface area contributed by atoms with Crippen LogP contribution in [-0.2, 0) is 14.8 Å². The number of benzene rings is 1. The zero-order valence-corrected chi connectivity index (χ0v) is 14.3. The molecule has 1 aromatic carbocycles. The van der Waals surface area contributed by atoms with Crippen LogP contribution in [0.1, 0.15) is 31.4 Å². The van der Waals surface area contributed by atoms with Crippen molar-refractivity contribution in [3.63, 3.8) is 0 Å². The van der Waals surface area contributed by atoms with E-state index in [0.717, 1.165) is 6.42 Å². The summed E-state index contributed by atoms with van der Waals surface area (Å²) in [5.41, 5.74) is 7.47. The molecule has 0 fully saturated rings. The van der Waals surface area contributed by atoms with Crippen LogP contribution in [0.3, 0.4) is 0 Å². The Hall–Kier alpha value is -1.11. The Bertz CT molecular complexity index is 572. The molecule has 0 aromatic heterocycles. The van der Waals surface area contributed by atoms with Crippen LogP contribution >= 0.6 is 0 Å². The highest BCUT2D eigenvalue weighted by Gasteiger charge is 2.24. The molecule has 1 aromatic rings. The number of rotatable bonds is 7. The zero-order chi connectivity index (χ0) is 16.3. The quantitative estimate of drug-likeness (QED) is 0.756. The van der Waals surface area contributed by atoms with Gasteiger partial charge in [0, 0.05) is 25.9 Å². The molecule has 3 N–H and O–H groups in total. The monoisotopic (exact) mass is 314 g/mol. The summed E-state index contributed by atoms with van der Waals surface area (Å²) < 4.78 is 32.8. The van der Waals surface area contributed by atoms with E-state index in [9.17, 15) is 8.42 Å². The number of nitrogens with one attached hydrogen (secondary N) is 1. The van der Waals surface area contributed by atoms with Crippen LogP contribution in [0.25, 0.3) is 0 Å². The van der Waals surface area contributed by atoms with Gasteiger partial charge in [0.2, 0.25) is 10.0 Å². The third-order valence-corrected chi connectivity index (χ3v) is 5.18. The molecule has 0 atom stereocenters. The van der Waals surface area contributed by atoms with Crippen molar-refractivity contribution in [3.05, 3.63) is 23.3 Å². The number of nitrogen functional groups attached to an aromatic ring is 1. The topological polar surface area (TPSA) is 81.4 Å². The predicted molar refractivity (Wildman–Crippen MR) is 85.8 cm³/mol. The lowest BCUT2D eigenvalue weighted by molar-refractivity contribution is 0.153. The smallest absolute Gasteiger partial charge is 0.241 e. The Kier molecular flexibility index (Phi) is 5.78. The van der Waals surface area contributed by atoms with Gasteiger partial charge < -0.3 is 10.5 Å². The van der Waals surface area contributed by atoms with Crippen molar-refractivity contribution in [2.75, 3.05) is 26.0 Å². The summed E-state index contributed by atoms with van der Waals surface area (Å²) in [6, 6.07) is 3.36. The van der Waals surface area contributed by atoms with Gasteiger partial charge in [-0.25, -0.2) is 13.1 Å². The van der Waals surface area contributed by atoms with Gasteiger partial charge in [-0.3, -0.25) is 0 Å². The van der Waals surface area contributed by atoms with E-state index in [1.54, 1.807) is 33.1 Å². The van der Waals surface area contributed by atoms with Crippen LogP contribution in [-0.4, -0.2) is 28.7 Å². The molecule has 0 heterocycles. The first kappa shape index (κ1) is 17.9. The van der Waals surface area contributed by atoms with Gasteiger partial charge in [-0.2, -0.15) is 0 Å². The van der Waals surface area contributed by atoms with E-state index in [4.69, 9.17) is 10.5 Å². The fraction of sp³-hybridized carbons (Fsp3) is 0.600. The maximum Gasteiger partial charge on any atom is 0.241 e. The van der Waals surface area contributed by atoms with E-state index >= 15 is 0 Å². The van der Waals surface area contributed by atoms with Gasteiger partial charge in [0.25, 0.3) is 0 Å². The molecule has 0 aliphatic carbocycles. The number of sulfonamides is 1. The van der Waals surface area contributed by atoms with Crippen molar-refractivity contribution < 1.29 is 13.2 Å². The number of anilines is 1. The molecule has 0 spiro atoms. The summed E-state index contributed by atoms with van der Waals surface area (Å²) in [5, 5.41) is 0.